The lowest BCUT2D eigenvalue weighted by Crippen LogP contribution is -2.28. The minimum atomic E-state index is -0.737. The van der Waals surface area contributed by atoms with E-state index in [0.717, 1.165) is 15.0 Å². The molecule has 21 heavy (non-hydrogen) atoms. The van der Waals surface area contributed by atoms with Gasteiger partial charge < -0.3 is 14.8 Å². The molecule has 1 amide bonds. The highest BCUT2D eigenvalue weighted by Gasteiger charge is 2.16. The number of rotatable bonds is 4. The van der Waals surface area contributed by atoms with Crippen LogP contribution in [0.1, 0.15) is 27.2 Å². The minimum Gasteiger partial charge on any atom is -0.448 e. The summed E-state index contributed by atoms with van der Waals surface area (Å²) < 4.78 is 6.10. The number of oxazole rings is 1. The van der Waals surface area contributed by atoms with Gasteiger partial charge in [0, 0.05) is 16.1 Å². The Hall–Kier alpha value is -2.18. The van der Waals surface area contributed by atoms with Crippen LogP contribution in [-0.2, 0) is 0 Å². The molecule has 1 atom stereocenters. The van der Waals surface area contributed by atoms with E-state index in [-0.39, 0.29) is 18.1 Å². The summed E-state index contributed by atoms with van der Waals surface area (Å²) in [6, 6.07) is 9.87. The van der Waals surface area contributed by atoms with Gasteiger partial charge in [-0.05, 0) is 24.4 Å². The van der Waals surface area contributed by atoms with E-state index < -0.39 is 6.10 Å². The first kappa shape index (κ1) is 13.8. The first-order valence-electron chi connectivity index (χ1n) is 6.50. The van der Waals surface area contributed by atoms with Gasteiger partial charge in [0.2, 0.25) is 0 Å². The molecule has 0 saturated carbocycles. The Morgan fingerprint density at radius 1 is 1.48 bits per heavy atom. The van der Waals surface area contributed by atoms with Crippen LogP contribution in [0.4, 0.5) is 0 Å². The van der Waals surface area contributed by atoms with Gasteiger partial charge in [-0.2, -0.15) is 0 Å². The van der Waals surface area contributed by atoms with Crippen LogP contribution in [0.25, 0.3) is 10.1 Å². The van der Waals surface area contributed by atoms with Crippen molar-refractivity contribution in [3.05, 3.63) is 53.1 Å². The van der Waals surface area contributed by atoms with Crippen molar-refractivity contribution in [1.82, 2.24) is 10.3 Å². The van der Waals surface area contributed by atoms with Crippen LogP contribution in [0.3, 0.4) is 0 Å². The predicted molar refractivity (Wildman–Crippen MR) is 80.4 cm³/mol. The lowest BCUT2D eigenvalue weighted by Gasteiger charge is -2.09. The average Bonchev–Trinajstić information content (AvgIpc) is 3.10. The molecule has 5 nitrogen and oxygen atoms in total. The fourth-order valence-electron chi connectivity index (χ4n) is 2.06. The van der Waals surface area contributed by atoms with E-state index in [9.17, 15) is 9.90 Å². The lowest BCUT2D eigenvalue weighted by molar-refractivity contribution is 0.0912. The van der Waals surface area contributed by atoms with Crippen molar-refractivity contribution in [2.75, 3.05) is 6.54 Å². The van der Waals surface area contributed by atoms with Crippen LogP contribution < -0.4 is 5.32 Å². The molecule has 2 N–H and O–H groups in total. The molecule has 6 heteroatoms. The first-order valence-corrected chi connectivity index (χ1v) is 7.31. The Labute approximate surface area is 125 Å². The molecule has 1 aromatic carbocycles. The Balaban J connectivity index is 1.67. The third-order valence-corrected chi connectivity index (χ3v) is 4.41. The molecule has 3 aromatic rings. The summed E-state index contributed by atoms with van der Waals surface area (Å²) in [5.74, 6) is 0.116. The second kappa shape index (κ2) is 5.67. The molecule has 0 bridgehead atoms. The van der Waals surface area contributed by atoms with Crippen LogP contribution in [-0.4, -0.2) is 22.5 Å². The maximum atomic E-state index is 11.9. The number of carbonyl (C=O) groups is 1. The molecule has 0 spiro atoms. The summed E-state index contributed by atoms with van der Waals surface area (Å²) in [5.41, 5.74) is 0.249. The molecule has 0 aliphatic carbocycles. The molecule has 0 aliphatic rings. The van der Waals surface area contributed by atoms with Gasteiger partial charge in [0.15, 0.2) is 12.1 Å². The van der Waals surface area contributed by atoms with Crippen LogP contribution in [0.2, 0.25) is 0 Å². The molecule has 0 saturated heterocycles. The zero-order valence-corrected chi connectivity index (χ0v) is 12.2. The second-order valence-electron chi connectivity index (χ2n) is 4.67. The molecular formula is C15H14N2O3S. The van der Waals surface area contributed by atoms with E-state index in [2.05, 4.69) is 10.3 Å². The fourth-order valence-corrected chi connectivity index (χ4v) is 3.11. The van der Waals surface area contributed by atoms with Crippen molar-refractivity contribution in [3.8, 4) is 0 Å². The van der Waals surface area contributed by atoms with E-state index in [1.807, 2.05) is 30.3 Å². The van der Waals surface area contributed by atoms with E-state index in [1.165, 1.54) is 17.7 Å². The second-order valence-corrected chi connectivity index (χ2v) is 5.78. The smallest absolute Gasteiger partial charge is 0.273 e. The molecule has 0 fully saturated rings. The normalized spacial score (nSPS) is 12.5. The zero-order chi connectivity index (χ0) is 14.8. The molecule has 2 aromatic heterocycles. The summed E-state index contributed by atoms with van der Waals surface area (Å²) in [7, 11) is 0. The van der Waals surface area contributed by atoms with Gasteiger partial charge >= 0.3 is 0 Å². The number of fused-ring (bicyclic) bond motifs is 1. The number of aryl methyl sites for hydroxylation is 1. The third-order valence-electron chi connectivity index (χ3n) is 3.19. The van der Waals surface area contributed by atoms with Gasteiger partial charge in [0.05, 0.1) is 0 Å². The zero-order valence-electron chi connectivity index (χ0n) is 11.4. The maximum absolute atomic E-state index is 11.9. The van der Waals surface area contributed by atoms with Crippen molar-refractivity contribution in [2.45, 2.75) is 13.0 Å². The summed E-state index contributed by atoms with van der Waals surface area (Å²) in [6.07, 6.45) is 0.491. The highest BCUT2D eigenvalue weighted by molar-refractivity contribution is 7.19. The first-order chi connectivity index (χ1) is 10.1. The van der Waals surface area contributed by atoms with Gasteiger partial charge in [-0.3, -0.25) is 4.79 Å². The van der Waals surface area contributed by atoms with Crippen LogP contribution in [0.5, 0.6) is 0 Å². The Morgan fingerprint density at radius 2 is 2.29 bits per heavy atom. The van der Waals surface area contributed by atoms with Crippen molar-refractivity contribution in [2.24, 2.45) is 0 Å². The van der Waals surface area contributed by atoms with Gasteiger partial charge in [0.25, 0.3) is 5.91 Å². The molecular weight excluding hydrogens is 288 g/mol. The van der Waals surface area contributed by atoms with E-state index in [1.54, 1.807) is 6.92 Å². The maximum Gasteiger partial charge on any atom is 0.273 e. The number of nitrogens with one attached hydrogen (secondary N) is 1. The highest BCUT2D eigenvalue weighted by Crippen LogP contribution is 2.29. The molecule has 3 rings (SSSR count). The molecule has 0 radical (unpaired) electrons. The lowest BCUT2D eigenvalue weighted by atomic mass is 10.2. The van der Waals surface area contributed by atoms with Gasteiger partial charge in [0.1, 0.15) is 11.9 Å². The summed E-state index contributed by atoms with van der Waals surface area (Å²) in [4.78, 5) is 16.6. The summed E-state index contributed by atoms with van der Waals surface area (Å²) in [6.45, 7) is 1.81. The Kier molecular flexibility index (Phi) is 3.72. The number of carbonyl (C=O) groups excluding carboxylic acids is 1. The number of thiophene rings is 1. The number of aromatic nitrogens is 1. The number of hydrogen-bond acceptors (Lipinski definition) is 5. The summed E-state index contributed by atoms with van der Waals surface area (Å²) >= 11 is 1.52. The van der Waals surface area contributed by atoms with E-state index in [4.69, 9.17) is 4.42 Å². The minimum absolute atomic E-state index is 0.137. The van der Waals surface area contributed by atoms with Crippen molar-refractivity contribution in [3.63, 3.8) is 0 Å². The van der Waals surface area contributed by atoms with Gasteiger partial charge in [-0.15, -0.1) is 11.3 Å². The van der Waals surface area contributed by atoms with E-state index >= 15 is 0 Å². The molecule has 108 valence electrons. The number of amides is 1. The number of benzene rings is 1. The molecule has 1 unspecified atom stereocenters. The summed E-state index contributed by atoms with van der Waals surface area (Å²) in [5, 5.41) is 13.9. The quantitative estimate of drug-likeness (QED) is 0.777. The molecule has 2 heterocycles. The third kappa shape index (κ3) is 2.81. The van der Waals surface area contributed by atoms with Crippen LogP contribution in [0.15, 0.2) is 41.1 Å². The Morgan fingerprint density at radius 3 is 3.00 bits per heavy atom. The van der Waals surface area contributed by atoms with Gasteiger partial charge in [-0.25, -0.2) is 4.98 Å². The number of aliphatic hydroxyl groups is 1. The monoisotopic (exact) mass is 302 g/mol. The molecule has 0 aliphatic heterocycles. The van der Waals surface area contributed by atoms with E-state index in [0.29, 0.717) is 5.76 Å². The predicted octanol–water partition coefficient (Wildman–Crippen LogP) is 2.66. The van der Waals surface area contributed by atoms with Crippen molar-refractivity contribution in [1.29, 1.82) is 0 Å². The highest BCUT2D eigenvalue weighted by atomic mass is 32.1. The van der Waals surface area contributed by atoms with Crippen molar-refractivity contribution >= 4 is 27.3 Å². The average molecular weight is 302 g/mol. The van der Waals surface area contributed by atoms with Crippen molar-refractivity contribution < 1.29 is 14.3 Å². The standard InChI is InChI=1S/C15H14N2O3S/c1-9-14(17-8-20-9)15(19)16-7-11(18)13-6-10-4-2-3-5-12(10)21-13/h2-6,8,11,18H,7H2,1H3,(H,16,19). The topological polar surface area (TPSA) is 75.4 Å². The number of aliphatic hydroxyl groups excluding tert-OH is 1. The number of hydrogen-bond donors (Lipinski definition) is 2. The SMILES string of the molecule is Cc1ocnc1C(=O)NCC(O)c1cc2ccccc2s1. The van der Waals surface area contributed by atoms with Crippen LogP contribution in [0, 0.1) is 6.92 Å². The van der Waals surface area contributed by atoms with Crippen LogP contribution >= 0.6 is 11.3 Å². The van der Waals surface area contributed by atoms with Gasteiger partial charge in [-0.1, -0.05) is 18.2 Å². The number of nitrogens with zero attached hydrogens (tertiary/aromatic N) is 1. The fraction of sp³-hybridized carbons (Fsp3) is 0.200. The Bertz CT molecular complexity index is 745. The largest absolute Gasteiger partial charge is 0.448 e.